The van der Waals surface area contributed by atoms with Gasteiger partial charge in [-0.15, -0.1) is 8.78 Å². The quantitative estimate of drug-likeness (QED) is 0.601. The Morgan fingerprint density at radius 3 is 2.38 bits per heavy atom. The molecule has 0 aromatic heterocycles. The number of hydrogen-bond acceptors (Lipinski definition) is 6. The van der Waals surface area contributed by atoms with E-state index in [9.17, 15) is 23.2 Å². The summed E-state index contributed by atoms with van der Waals surface area (Å²) in [5, 5.41) is 11.1. The number of amides is 2. The van der Waals surface area contributed by atoms with Crippen LogP contribution in [-0.4, -0.2) is 45.9 Å². The van der Waals surface area contributed by atoms with Gasteiger partial charge in [-0.3, -0.25) is 19.5 Å². The zero-order valence-electron chi connectivity index (χ0n) is 16.4. The van der Waals surface area contributed by atoms with Crippen LogP contribution in [0.4, 0.5) is 20.2 Å². The number of carboxylic acids is 1. The molecule has 2 N–H and O–H groups in total. The maximum absolute atomic E-state index is 12.8. The highest BCUT2D eigenvalue weighted by molar-refractivity contribution is 8.15. The third-order valence-electron chi connectivity index (χ3n) is 4.26. The Labute approximate surface area is 190 Å². The molecule has 3 rings (SSSR count). The minimum absolute atomic E-state index is 0.0763. The molecule has 1 heterocycles. The number of anilines is 2. The molecule has 0 unspecified atom stereocenters. The number of ether oxygens (including phenoxy) is 1. The maximum atomic E-state index is 12.8. The van der Waals surface area contributed by atoms with Crippen molar-refractivity contribution in [2.24, 2.45) is 4.99 Å². The molecule has 8 nitrogen and oxygen atoms in total. The summed E-state index contributed by atoms with van der Waals surface area (Å²) in [5.74, 6) is -2.13. The summed E-state index contributed by atoms with van der Waals surface area (Å²) in [7, 11) is 1.46. The molecule has 1 aliphatic heterocycles. The van der Waals surface area contributed by atoms with E-state index in [1.165, 1.54) is 60.5 Å². The van der Waals surface area contributed by atoms with Crippen LogP contribution < -0.4 is 15.0 Å². The Bertz CT molecular complexity index is 1060. The average Bonchev–Trinajstić information content (AvgIpc) is 2.73. The first-order valence-electron chi connectivity index (χ1n) is 9.04. The number of thioether (sulfide) groups is 1. The number of rotatable bonds is 6. The molecule has 0 aliphatic carbocycles. The summed E-state index contributed by atoms with van der Waals surface area (Å²) < 4.78 is 29.8. The number of aromatic carboxylic acids is 1. The number of benzene rings is 2. The van der Waals surface area contributed by atoms with Gasteiger partial charge in [0.1, 0.15) is 11.0 Å². The van der Waals surface area contributed by atoms with E-state index in [0.29, 0.717) is 11.4 Å². The first kappa shape index (κ1) is 23.5. The van der Waals surface area contributed by atoms with E-state index in [-0.39, 0.29) is 22.9 Å². The van der Waals surface area contributed by atoms with Gasteiger partial charge in [0.2, 0.25) is 11.8 Å². The Morgan fingerprint density at radius 2 is 1.84 bits per heavy atom. The van der Waals surface area contributed by atoms with Crippen LogP contribution >= 0.6 is 23.4 Å². The highest BCUT2D eigenvalue weighted by Gasteiger charge is 2.36. The van der Waals surface area contributed by atoms with Gasteiger partial charge in [-0.25, -0.2) is 4.79 Å². The summed E-state index contributed by atoms with van der Waals surface area (Å²) in [6.45, 7) is 0. The van der Waals surface area contributed by atoms with Crippen LogP contribution in [0.2, 0.25) is 0 Å². The topological polar surface area (TPSA) is 108 Å². The van der Waals surface area contributed by atoms with Gasteiger partial charge in [-0.05, 0) is 48.5 Å². The van der Waals surface area contributed by atoms with Crippen LogP contribution in [0, 0.1) is 0 Å². The summed E-state index contributed by atoms with van der Waals surface area (Å²) in [6.07, 6.45) is -0.138. The minimum atomic E-state index is -3.86. The van der Waals surface area contributed by atoms with E-state index >= 15 is 0 Å². The van der Waals surface area contributed by atoms with E-state index in [2.05, 4.69) is 15.0 Å². The van der Waals surface area contributed by atoms with Crippen LogP contribution in [-0.2, 0) is 9.59 Å². The van der Waals surface area contributed by atoms with Crippen molar-refractivity contribution in [1.29, 1.82) is 0 Å². The second kappa shape index (κ2) is 9.53. The molecule has 12 heteroatoms. The molecule has 0 saturated carbocycles. The number of aliphatic imine (C=N–C) groups is 1. The van der Waals surface area contributed by atoms with Gasteiger partial charge in [0.15, 0.2) is 5.17 Å². The summed E-state index contributed by atoms with van der Waals surface area (Å²) >= 11 is 5.81. The third kappa shape index (κ3) is 5.74. The van der Waals surface area contributed by atoms with Crippen LogP contribution in [0.5, 0.6) is 5.75 Å². The predicted octanol–water partition coefficient (Wildman–Crippen LogP) is 4.02. The monoisotopic (exact) mass is 483 g/mol. The van der Waals surface area contributed by atoms with Crippen molar-refractivity contribution in [3.8, 4) is 5.75 Å². The molecule has 2 aromatic carbocycles. The lowest BCUT2D eigenvalue weighted by Gasteiger charge is -2.31. The average molecular weight is 484 g/mol. The fourth-order valence-corrected chi connectivity index (χ4v) is 4.00. The summed E-state index contributed by atoms with van der Waals surface area (Å²) in [6, 6.07) is 10.9. The van der Waals surface area contributed by atoms with E-state index in [4.69, 9.17) is 16.7 Å². The first-order valence-corrected chi connectivity index (χ1v) is 10.3. The Balaban J connectivity index is 1.70. The number of nitrogens with zero attached hydrogens (tertiary/aromatic N) is 2. The van der Waals surface area contributed by atoms with Crippen LogP contribution in [0.1, 0.15) is 16.8 Å². The van der Waals surface area contributed by atoms with Gasteiger partial charge in [-0.1, -0.05) is 11.8 Å². The largest absolute Gasteiger partial charge is 0.487 e. The predicted molar refractivity (Wildman–Crippen MR) is 117 cm³/mol. The highest BCUT2D eigenvalue weighted by atomic mass is 35.5. The first-order chi connectivity index (χ1) is 15.1. The second-order valence-electron chi connectivity index (χ2n) is 6.46. The second-order valence-corrected chi connectivity index (χ2v) is 8.07. The fourth-order valence-electron chi connectivity index (χ4n) is 2.85. The standard InChI is InChI=1S/C20H16ClF2N3O5S/c1-24-19-26(13-6-8-14(9-7-13)31-20(21,22)23)16(27)10-15(32-19)17(28)25-12-4-2-11(3-5-12)18(29)30/h2-9,15H,10H2,1H3,(H,25,28)(H,29,30)/t15-/m0/s1. The number of alkyl halides is 3. The van der Waals surface area contributed by atoms with Crippen molar-refractivity contribution >= 4 is 57.7 Å². The molecular weight excluding hydrogens is 468 g/mol. The highest BCUT2D eigenvalue weighted by Crippen LogP contribution is 2.33. The summed E-state index contributed by atoms with van der Waals surface area (Å²) in [4.78, 5) is 41.7. The third-order valence-corrected chi connectivity index (χ3v) is 5.58. The zero-order valence-corrected chi connectivity index (χ0v) is 18.0. The molecule has 168 valence electrons. The van der Waals surface area contributed by atoms with E-state index in [1.54, 1.807) is 0 Å². The van der Waals surface area contributed by atoms with Gasteiger partial charge in [0.25, 0.3) is 0 Å². The van der Waals surface area contributed by atoms with E-state index in [1.807, 2.05) is 0 Å². The number of carboxylic acid groups (broad SMARTS) is 1. The lowest BCUT2D eigenvalue weighted by molar-refractivity contribution is -0.121. The molecule has 2 amide bonds. The molecule has 1 atom stereocenters. The lowest BCUT2D eigenvalue weighted by Crippen LogP contribution is -2.45. The van der Waals surface area contributed by atoms with Gasteiger partial charge in [0, 0.05) is 30.8 Å². The van der Waals surface area contributed by atoms with E-state index < -0.39 is 28.6 Å². The van der Waals surface area contributed by atoms with Crippen molar-refractivity contribution in [2.75, 3.05) is 17.3 Å². The van der Waals surface area contributed by atoms with Gasteiger partial charge in [0.05, 0.1) is 11.3 Å². The van der Waals surface area contributed by atoms with Crippen molar-refractivity contribution < 1.29 is 33.0 Å². The van der Waals surface area contributed by atoms with Crippen molar-refractivity contribution in [3.05, 3.63) is 54.1 Å². The smallest absolute Gasteiger partial charge is 0.478 e. The normalized spacial score (nSPS) is 17.9. The molecule has 0 bridgehead atoms. The Morgan fingerprint density at radius 1 is 1.22 bits per heavy atom. The van der Waals surface area contributed by atoms with Gasteiger partial charge < -0.3 is 15.2 Å². The molecule has 0 radical (unpaired) electrons. The zero-order chi connectivity index (χ0) is 23.5. The minimum Gasteiger partial charge on any atom is -0.478 e. The van der Waals surface area contributed by atoms with Crippen molar-refractivity contribution in [1.82, 2.24) is 0 Å². The Hall–Kier alpha value is -3.18. The SMILES string of the molecule is CN=C1S[C@H](C(=O)Nc2ccc(C(=O)O)cc2)CC(=O)N1c1ccc(OC(F)(F)Cl)cc1. The number of nitrogens with one attached hydrogen (secondary N) is 1. The summed E-state index contributed by atoms with van der Waals surface area (Å²) in [5.41, 5.74) is -3.04. The molecule has 0 spiro atoms. The Kier molecular flexibility index (Phi) is 6.99. The van der Waals surface area contributed by atoms with Gasteiger partial charge >= 0.3 is 11.5 Å². The molecular formula is C20H16ClF2N3O5S. The van der Waals surface area contributed by atoms with Crippen molar-refractivity contribution in [3.63, 3.8) is 0 Å². The number of amidine groups is 1. The molecule has 2 aromatic rings. The maximum Gasteiger partial charge on any atom is 0.487 e. The van der Waals surface area contributed by atoms with Crippen LogP contribution in [0.15, 0.2) is 53.5 Å². The number of carbonyl (C=O) groups excluding carboxylic acids is 2. The number of halogens is 3. The molecule has 32 heavy (non-hydrogen) atoms. The van der Waals surface area contributed by atoms with Crippen LogP contribution in [0.25, 0.3) is 0 Å². The molecule has 1 fully saturated rings. The van der Waals surface area contributed by atoms with Gasteiger partial charge in [-0.2, -0.15) is 0 Å². The van der Waals surface area contributed by atoms with E-state index in [0.717, 1.165) is 11.8 Å². The lowest BCUT2D eigenvalue weighted by atomic mass is 10.2. The fraction of sp³-hybridized carbons (Fsp3) is 0.200. The van der Waals surface area contributed by atoms with Crippen LogP contribution in [0.3, 0.4) is 0 Å². The molecule has 1 aliphatic rings. The number of carbonyl (C=O) groups is 3. The van der Waals surface area contributed by atoms with Crippen molar-refractivity contribution in [2.45, 2.75) is 17.2 Å². The number of hydrogen-bond donors (Lipinski definition) is 2. The molecule has 1 saturated heterocycles.